The number of nitrogens with zero attached hydrogens (tertiary/aromatic N) is 2. The summed E-state index contributed by atoms with van der Waals surface area (Å²) < 4.78 is 5.09. The quantitative estimate of drug-likeness (QED) is 0.528. The lowest BCUT2D eigenvalue weighted by atomic mass is 10.1. The van der Waals surface area contributed by atoms with Gasteiger partial charge in [-0.25, -0.2) is 4.99 Å². The van der Waals surface area contributed by atoms with Crippen molar-refractivity contribution in [2.75, 3.05) is 7.11 Å². The molecule has 0 atom stereocenters. The Morgan fingerprint density at radius 3 is 2.36 bits per heavy atom. The average Bonchev–Trinajstić information content (AvgIpc) is 2.65. The zero-order valence-corrected chi connectivity index (χ0v) is 13.5. The van der Waals surface area contributed by atoms with E-state index in [1.165, 1.54) is 6.08 Å². The summed E-state index contributed by atoms with van der Waals surface area (Å²) in [6.45, 7) is 0. The van der Waals surface area contributed by atoms with Crippen LogP contribution in [0.5, 0.6) is 5.75 Å². The Morgan fingerprint density at radius 2 is 1.72 bits per heavy atom. The van der Waals surface area contributed by atoms with Gasteiger partial charge in [-0.2, -0.15) is 0 Å². The van der Waals surface area contributed by atoms with E-state index in [1.807, 2.05) is 30.3 Å². The Morgan fingerprint density at radius 1 is 1.04 bits per heavy atom. The molecule has 0 aliphatic carbocycles. The summed E-state index contributed by atoms with van der Waals surface area (Å²) in [5.74, 6) is -0.970. The molecular formula is C19H16N2O4. The van der Waals surface area contributed by atoms with E-state index in [0.29, 0.717) is 11.3 Å². The number of carbonyl (C=O) groups excluding carboxylic acids is 2. The van der Waals surface area contributed by atoms with E-state index in [2.05, 4.69) is 4.99 Å². The third-order valence-corrected chi connectivity index (χ3v) is 3.74. The second-order valence-electron chi connectivity index (χ2n) is 5.45. The van der Waals surface area contributed by atoms with Gasteiger partial charge in [0.1, 0.15) is 17.2 Å². The fraction of sp³-hybridized carbons (Fsp3) is 0.105. The van der Waals surface area contributed by atoms with Crippen LogP contribution in [0.4, 0.5) is 0 Å². The highest BCUT2D eigenvalue weighted by Crippen LogP contribution is 2.19. The number of imide groups is 1. The number of ether oxygens (including phenoxy) is 1. The molecular weight excluding hydrogens is 320 g/mol. The predicted octanol–water partition coefficient (Wildman–Crippen LogP) is 2.48. The van der Waals surface area contributed by atoms with Crippen molar-refractivity contribution >= 4 is 23.6 Å². The first kappa shape index (κ1) is 16.6. The molecule has 2 aromatic carbocycles. The number of aliphatic imine (C=N–C) groups is 1. The molecule has 0 fully saturated rings. The second-order valence-corrected chi connectivity index (χ2v) is 5.45. The molecule has 0 aromatic heterocycles. The van der Waals surface area contributed by atoms with Crippen LogP contribution in [0, 0.1) is 0 Å². The van der Waals surface area contributed by atoms with E-state index in [4.69, 9.17) is 4.74 Å². The Bertz CT molecular complexity index is 855. The highest BCUT2D eigenvalue weighted by atomic mass is 16.5. The Hall–Kier alpha value is -3.25. The van der Waals surface area contributed by atoms with Gasteiger partial charge in [0.15, 0.2) is 0 Å². The van der Waals surface area contributed by atoms with E-state index >= 15 is 0 Å². The molecule has 1 aliphatic heterocycles. The van der Waals surface area contributed by atoms with Crippen LogP contribution in [0.2, 0.25) is 0 Å². The topological polar surface area (TPSA) is 79.2 Å². The van der Waals surface area contributed by atoms with Crippen molar-refractivity contribution in [3.63, 3.8) is 0 Å². The molecule has 1 aliphatic rings. The van der Waals surface area contributed by atoms with Gasteiger partial charge >= 0.3 is 5.91 Å². The largest absolute Gasteiger partial charge is 0.497 e. The summed E-state index contributed by atoms with van der Waals surface area (Å²) in [6, 6.07) is 16.3. The Kier molecular flexibility index (Phi) is 4.72. The number of benzene rings is 2. The predicted molar refractivity (Wildman–Crippen MR) is 92.2 cm³/mol. The number of hydroxylamine groups is 2. The minimum Gasteiger partial charge on any atom is -0.497 e. The van der Waals surface area contributed by atoms with Crippen molar-refractivity contribution in [1.29, 1.82) is 0 Å². The van der Waals surface area contributed by atoms with E-state index in [0.717, 1.165) is 5.56 Å². The van der Waals surface area contributed by atoms with Crippen LogP contribution in [0.1, 0.15) is 11.1 Å². The summed E-state index contributed by atoms with van der Waals surface area (Å²) >= 11 is 0. The molecule has 0 saturated carbocycles. The Labute approximate surface area is 144 Å². The molecule has 6 heteroatoms. The van der Waals surface area contributed by atoms with Gasteiger partial charge in [-0.1, -0.05) is 42.5 Å². The highest BCUT2D eigenvalue weighted by molar-refractivity contribution is 6.44. The molecule has 126 valence electrons. The number of hydrogen-bond acceptors (Lipinski definition) is 5. The summed E-state index contributed by atoms with van der Waals surface area (Å²) in [6.07, 6.45) is 1.74. The summed E-state index contributed by atoms with van der Waals surface area (Å²) in [5, 5.41) is 9.93. The number of rotatable bonds is 4. The maximum Gasteiger partial charge on any atom is 0.303 e. The molecule has 3 rings (SSSR count). The van der Waals surface area contributed by atoms with Gasteiger partial charge in [0.05, 0.1) is 7.11 Å². The average molecular weight is 336 g/mol. The van der Waals surface area contributed by atoms with Crippen LogP contribution in [0.15, 0.2) is 65.3 Å². The zero-order chi connectivity index (χ0) is 17.8. The van der Waals surface area contributed by atoms with Crippen molar-refractivity contribution in [2.45, 2.75) is 6.42 Å². The molecule has 1 N–H and O–H groups in total. The number of hydrogen-bond donors (Lipinski definition) is 1. The molecule has 0 unspecified atom stereocenters. The van der Waals surface area contributed by atoms with Crippen molar-refractivity contribution < 1.29 is 19.5 Å². The van der Waals surface area contributed by atoms with Crippen LogP contribution >= 0.6 is 0 Å². The molecule has 6 nitrogen and oxygen atoms in total. The maximum atomic E-state index is 12.1. The Balaban J connectivity index is 1.94. The molecule has 2 aromatic rings. The molecule has 1 heterocycles. The monoisotopic (exact) mass is 336 g/mol. The first-order chi connectivity index (χ1) is 12.1. The van der Waals surface area contributed by atoms with Gasteiger partial charge in [-0.05, 0) is 29.3 Å². The molecule has 25 heavy (non-hydrogen) atoms. The number of amides is 2. The third-order valence-electron chi connectivity index (χ3n) is 3.74. The lowest BCUT2D eigenvalue weighted by molar-refractivity contribution is -0.171. The van der Waals surface area contributed by atoms with Crippen LogP contribution < -0.4 is 4.74 Å². The van der Waals surface area contributed by atoms with Gasteiger partial charge in [0.25, 0.3) is 5.91 Å². The zero-order valence-electron chi connectivity index (χ0n) is 13.5. The molecule has 0 saturated heterocycles. The first-order valence-corrected chi connectivity index (χ1v) is 7.63. The normalized spacial score (nSPS) is 16.2. The fourth-order valence-corrected chi connectivity index (χ4v) is 2.42. The van der Waals surface area contributed by atoms with Crippen molar-refractivity contribution in [2.24, 2.45) is 4.99 Å². The standard InChI is InChI=1S/C19H16N2O4/c1-25-15-9-7-14(8-10-15)12-17-19(23)21(24)18(22)16(20-17)11-13-5-3-2-4-6-13/h2-10,12,24H,11H2,1H3/b17-12-. The highest BCUT2D eigenvalue weighted by Gasteiger charge is 2.32. The second kappa shape index (κ2) is 7.11. The van der Waals surface area contributed by atoms with E-state index in [9.17, 15) is 14.8 Å². The van der Waals surface area contributed by atoms with Gasteiger partial charge in [0, 0.05) is 6.42 Å². The molecule has 0 radical (unpaired) electrons. The lowest BCUT2D eigenvalue weighted by Crippen LogP contribution is -2.43. The molecule has 0 bridgehead atoms. The molecule has 2 amide bonds. The SMILES string of the molecule is COc1ccc(/C=C2\N=C(Cc3ccccc3)C(=O)N(O)C2=O)cc1. The summed E-state index contributed by atoms with van der Waals surface area (Å²) in [4.78, 5) is 28.4. The van der Waals surface area contributed by atoms with Crippen molar-refractivity contribution in [3.05, 3.63) is 71.4 Å². The fourth-order valence-electron chi connectivity index (χ4n) is 2.42. The number of methoxy groups -OCH3 is 1. The summed E-state index contributed by atoms with van der Waals surface area (Å²) in [5.41, 5.74) is 1.67. The van der Waals surface area contributed by atoms with Gasteiger partial charge in [0.2, 0.25) is 0 Å². The van der Waals surface area contributed by atoms with Crippen LogP contribution in [-0.4, -0.2) is 34.9 Å². The smallest absolute Gasteiger partial charge is 0.303 e. The first-order valence-electron chi connectivity index (χ1n) is 7.63. The summed E-state index contributed by atoms with van der Waals surface area (Å²) in [7, 11) is 1.56. The van der Waals surface area contributed by atoms with Gasteiger partial charge < -0.3 is 4.74 Å². The van der Waals surface area contributed by atoms with E-state index in [1.54, 1.807) is 31.4 Å². The van der Waals surface area contributed by atoms with Crippen molar-refractivity contribution in [1.82, 2.24) is 5.06 Å². The number of carbonyl (C=O) groups is 2. The van der Waals surface area contributed by atoms with Crippen LogP contribution in [-0.2, 0) is 16.0 Å². The third kappa shape index (κ3) is 3.64. The van der Waals surface area contributed by atoms with Crippen LogP contribution in [0.25, 0.3) is 6.08 Å². The van der Waals surface area contributed by atoms with Crippen LogP contribution in [0.3, 0.4) is 0 Å². The lowest BCUT2D eigenvalue weighted by Gasteiger charge is -2.20. The van der Waals surface area contributed by atoms with E-state index < -0.39 is 11.8 Å². The maximum absolute atomic E-state index is 12.1. The van der Waals surface area contributed by atoms with E-state index in [-0.39, 0.29) is 22.9 Å². The van der Waals surface area contributed by atoms with Gasteiger partial charge in [-0.15, -0.1) is 5.06 Å². The minimum atomic E-state index is -0.849. The molecule has 0 spiro atoms. The van der Waals surface area contributed by atoms with Gasteiger partial charge in [-0.3, -0.25) is 14.8 Å². The van der Waals surface area contributed by atoms with Crippen molar-refractivity contribution in [3.8, 4) is 5.75 Å². The minimum absolute atomic E-state index is 0.00167.